The Kier molecular flexibility index (Phi) is 4.81. The SMILES string of the molecule is C[C@@H](c1ccc(Cl)cc1)c1c(C(N)=O)ccc(-c2ccncc2)c1F. The first kappa shape index (κ1) is 17.1. The number of hydrogen-bond donors (Lipinski definition) is 1. The fraction of sp³-hybridized carbons (Fsp3) is 0.100. The first-order chi connectivity index (χ1) is 12.0. The molecule has 0 saturated carbocycles. The van der Waals surface area contributed by atoms with E-state index in [0.717, 1.165) is 5.56 Å². The van der Waals surface area contributed by atoms with E-state index in [2.05, 4.69) is 4.98 Å². The molecule has 1 aromatic heterocycles. The van der Waals surface area contributed by atoms with Crippen LogP contribution >= 0.6 is 11.6 Å². The predicted molar refractivity (Wildman–Crippen MR) is 97.1 cm³/mol. The highest BCUT2D eigenvalue weighted by Gasteiger charge is 2.23. The molecule has 126 valence electrons. The summed E-state index contributed by atoms with van der Waals surface area (Å²) in [4.78, 5) is 15.8. The predicted octanol–water partition coefficient (Wildman–Crippen LogP) is 4.79. The molecule has 0 spiro atoms. The number of pyridine rings is 1. The smallest absolute Gasteiger partial charge is 0.249 e. The molecule has 0 radical (unpaired) electrons. The van der Waals surface area contributed by atoms with Crippen molar-refractivity contribution >= 4 is 17.5 Å². The van der Waals surface area contributed by atoms with Crippen LogP contribution in [0.4, 0.5) is 4.39 Å². The zero-order chi connectivity index (χ0) is 18.0. The molecule has 0 bridgehead atoms. The number of amides is 1. The van der Waals surface area contributed by atoms with Crippen molar-refractivity contribution < 1.29 is 9.18 Å². The van der Waals surface area contributed by atoms with Gasteiger partial charge in [0, 0.05) is 40.0 Å². The summed E-state index contributed by atoms with van der Waals surface area (Å²) in [5.74, 6) is -1.47. The highest BCUT2D eigenvalue weighted by molar-refractivity contribution is 6.30. The third kappa shape index (κ3) is 3.39. The molecule has 2 aromatic carbocycles. The molecule has 2 N–H and O–H groups in total. The number of carbonyl (C=O) groups excluding carboxylic acids is 1. The lowest BCUT2D eigenvalue weighted by Crippen LogP contribution is -2.17. The molecule has 3 rings (SSSR count). The van der Waals surface area contributed by atoms with Crippen molar-refractivity contribution in [2.24, 2.45) is 5.73 Å². The first-order valence-electron chi connectivity index (χ1n) is 7.77. The molecule has 5 heteroatoms. The highest BCUT2D eigenvalue weighted by Crippen LogP contribution is 2.34. The molecule has 0 saturated heterocycles. The molecule has 1 heterocycles. The molecule has 0 fully saturated rings. The molecule has 0 aliphatic carbocycles. The Morgan fingerprint density at radius 1 is 1.08 bits per heavy atom. The highest BCUT2D eigenvalue weighted by atomic mass is 35.5. The minimum absolute atomic E-state index is 0.178. The number of hydrogen-bond acceptors (Lipinski definition) is 2. The van der Waals surface area contributed by atoms with E-state index >= 15 is 4.39 Å². The Morgan fingerprint density at radius 2 is 1.72 bits per heavy atom. The zero-order valence-electron chi connectivity index (χ0n) is 13.5. The third-order valence-electron chi connectivity index (χ3n) is 4.24. The number of aromatic nitrogens is 1. The van der Waals surface area contributed by atoms with Crippen LogP contribution in [0.2, 0.25) is 5.02 Å². The van der Waals surface area contributed by atoms with E-state index in [-0.39, 0.29) is 17.0 Å². The number of rotatable bonds is 4. The van der Waals surface area contributed by atoms with Gasteiger partial charge in [-0.15, -0.1) is 0 Å². The van der Waals surface area contributed by atoms with Crippen LogP contribution in [0.15, 0.2) is 60.9 Å². The van der Waals surface area contributed by atoms with Crippen molar-refractivity contribution in [3.05, 3.63) is 88.5 Å². The van der Waals surface area contributed by atoms with Crippen LogP contribution < -0.4 is 5.73 Å². The number of carbonyl (C=O) groups is 1. The van der Waals surface area contributed by atoms with Gasteiger partial charge in [0.05, 0.1) is 0 Å². The molecular formula is C20H16ClFN2O. The van der Waals surface area contributed by atoms with Crippen molar-refractivity contribution in [2.45, 2.75) is 12.8 Å². The Bertz CT molecular complexity index is 911. The van der Waals surface area contributed by atoms with Crippen molar-refractivity contribution in [3.8, 4) is 11.1 Å². The number of nitrogens with zero attached hydrogens (tertiary/aromatic N) is 1. The average Bonchev–Trinajstić information content (AvgIpc) is 2.62. The quantitative estimate of drug-likeness (QED) is 0.732. The Labute approximate surface area is 150 Å². The van der Waals surface area contributed by atoms with Crippen LogP contribution in [-0.4, -0.2) is 10.9 Å². The fourth-order valence-corrected chi connectivity index (χ4v) is 3.03. The molecule has 0 unspecified atom stereocenters. The number of benzene rings is 2. The van der Waals surface area contributed by atoms with E-state index in [9.17, 15) is 4.79 Å². The monoisotopic (exact) mass is 354 g/mol. The van der Waals surface area contributed by atoms with Crippen molar-refractivity contribution in [1.82, 2.24) is 4.98 Å². The second kappa shape index (κ2) is 7.03. The maximum atomic E-state index is 15.3. The van der Waals surface area contributed by atoms with Gasteiger partial charge < -0.3 is 5.73 Å². The maximum Gasteiger partial charge on any atom is 0.249 e. The van der Waals surface area contributed by atoms with E-state index in [1.165, 1.54) is 0 Å². The Morgan fingerprint density at radius 3 is 2.32 bits per heavy atom. The van der Waals surface area contributed by atoms with E-state index in [0.29, 0.717) is 16.1 Å². The Hall–Kier alpha value is -2.72. The van der Waals surface area contributed by atoms with Crippen LogP contribution in [0.3, 0.4) is 0 Å². The topological polar surface area (TPSA) is 56.0 Å². The average molecular weight is 355 g/mol. The molecule has 3 nitrogen and oxygen atoms in total. The second-order valence-electron chi connectivity index (χ2n) is 5.76. The van der Waals surface area contributed by atoms with Gasteiger partial charge in [0.25, 0.3) is 0 Å². The minimum Gasteiger partial charge on any atom is -0.366 e. The normalized spacial score (nSPS) is 12.0. The zero-order valence-corrected chi connectivity index (χ0v) is 14.3. The van der Waals surface area contributed by atoms with Crippen molar-refractivity contribution in [2.75, 3.05) is 0 Å². The van der Waals surface area contributed by atoms with E-state index in [1.54, 1.807) is 48.8 Å². The van der Waals surface area contributed by atoms with Gasteiger partial charge in [-0.2, -0.15) is 0 Å². The van der Waals surface area contributed by atoms with Crippen molar-refractivity contribution in [3.63, 3.8) is 0 Å². The lowest BCUT2D eigenvalue weighted by Gasteiger charge is -2.19. The van der Waals surface area contributed by atoms with Crippen LogP contribution in [0, 0.1) is 5.82 Å². The van der Waals surface area contributed by atoms with Crippen molar-refractivity contribution in [1.29, 1.82) is 0 Å². The van der Waals surface area contributed by atoms with E-state index < -0.39 is 11.7 Å². The van der Waals surface area contributed by atoms with Gasteiger partial charge in [0.15, 0.2) is 0 Å². The van der Waals surface area contributed by atoms with E-state index in [4.69, 9.17) is 17.3 Å². The lowest BCUT2D eigenvalue weighted by molar-refractivity contribution is 0.0998. The summed E-state index contributed by atoms with van der Waals surface area (Å²) < 4.78 is 15.3. The van der Waals surface area contributed by atoms with Gasteiger partial charge in [0.1, 0.15) is 5.82 Å². The summed E-state index contributed by atoms with van der Waals surface area (Å²) in [6, 6.07) is 13.7. The maximum absolute atomic E-state index is 15.3. The van der Waals surface area contributed by atoms with E-state index in [1.807, 2.05) is 19.1 Å². The summed E-state index contributed by atoms with van der Waals surface area (Å²) in [6.07, 6.45) is 3.19. The molecule has 0 aliphatic heterocycles. The summed E-state index contributed by atoms with van der Waals surface area (Å²) in [6.45, 7) is 1.84. The third-order valence-corrected chi connectivity index (χ3v) is 4.49. The largest absolute Gasteiger partial charge is 0.366 e. The van der Waals surface area contributed by atoms with Gasteiger partial charge in [-0.1, -0.05) is 36.7 Å². The van der Waals surface area contributed by atoms with Crippen LogP contribution in [0.25, 0.3) is 11.1 Å². The summed E-state index contributed by atoms with van der Waals surface area (Å²) in [7, 11) is 0. The van der Waals surface area contributed by atoms with Gasteiger partial charge in [-0.3, -0.25) is 9.78 Å². The number of primary amides is 1. The van der Waals surface area contributed by atoms with Crippen LogP contribution in [0.5, 0.6) is 0 Å². The number of halogens is 2. The van der Waals surface area contributed by atoms with Gasteiger partial charge in [0.2, 0.25) is 5.91 Å². The van der Waals surface area contributed by atoms with Gasteiger partial charge >= 0.3 is 0 Å². The molecular weight excluding hydrogens is 339 g/mol. The summed E-state index contributed by atoms with van der Waals surface area (Å²) in [5.41, 5.74) is 7.87. The first-order valence-corrected chi connectivity index (χ1v) is 8.15. The molecule has 25 heavy (non-hydrogen) atoms. The standard InChI is InChI=1S/C20H16ClFN2O/c1-12(13-2-4-15(21)5-3-13)18-17(20(23)25)7-6-16(19(18)22)14-8-10-24-11-9-14/h2-12H,1H3,(H2,23,25)/t12-/m0/s1. The molecule has 0 aliphatic rings. The molecule has 1 atom stereocenters. The van der Waals surface area contributed by atoms with Gasteiger partial charge in [-0.25, -0.2) is 4.39 Å². The van der Waals surface area contributed by atoms with Crippen LogP contribution in [-0.2, 0) is 0 Å². The minimum atomic E-state index is -0.656. The summed E-state index contributed by atoms with van der Waals surface area (Å²) in [5, 5.41) is 0.595. The fourth-order valence-electron chi connectivity index (χ4n) is 2.90. The number of nitrogens with two attached hydrogens (primary N) is 1. The summed E-state index contributed by atoms with van der Waals surface area (Å²) >= 11 is 5.93. The second-order valence-corrected chi connectivity index (χ2v) is 6.20. The van der Waals surface area contributed by atoms with Crippen LogP contribution in [0.1, 0.15) is 34.3 Å². The van der Waals surface area contributed by atoms with Gasteiger partial charge in [-0.05, 0) is 41.5 Å². The lowest BCUT2D eigenvalue weighted by atomic mass is 9.86. The Balaban J connectivity index is 2.18. The molecule has 1 amide bonds. The molecule has 3 aromatic rings.